The maximum Gasteiger partial charge on any atom is 0.259 e. The van der Waals surface area contributed by atoms with Gasteiger partial charge >= 0.3 is 0 Å². The summed E-state index contributed by atoms with van der Waals surface area (Å²) in [4.78, 5) is 12.1. The highest BCUT2D eigenvalue weighted by Gasteiger charge is 2.12. The number of carbonyl (C=O) groups excluding carboxylic acids is 1. The first-order valence-corrected chi connectivity index (χ1v) is 6.30. The number of para-hydroxylation sites is 1. The number of halogens is 2. The van der Waals surface area contributed by atoms with Gasteiger partial charge in [0.05, 0.1) is 17.1 Å². The van der Waals surface area contributed by atoms with Gasteiger partial charge in [-0.25, -0.2) is 4.39 Å². The van der Waals surface area contributed by atoms with E-state index < -0.39 is 0 Å². The van der Waals surface area contributed by atoms with Crippen LogP contribution in [0, 0.1) is 5.82 Å². The van der Waals surface area contributed by atoms with Gasteiger partial charge in [0.1, 0.15) is 11.6 Å². The van der Waals surface area contributed by atoms with Crippen molar-refractivity contribution in [1.82, 2.24) is 0 Å². The molecule has 0 atom stereocenters. The van der Waals surface area contributed by atoms with Gasteiger partial charge in [0.15, 0.2) is 0 Å². The lowest BCUT2D eigenvalue weighted by Gasteiger charge is -2.09. The topological polar surface area (TPSA) is 38.3 Å². The van der Waals surface area contributed by atoms with Gasteiger partial charge in [0, 0.05) is 5.69 Å². The number of rotatable bonds is 3. The van der Waals surface area contributed by atoms with E-state index in [1.165, 1.54) is 25.3 Å². The summed E-state index contributed by atoms with van der Waals surface area (Å²) in [6, 6.07) is 11.2. The Morgan fingerprint density at radius 2 is 2.00 bits per heavy atom. The van der Waals surface area contributed by atoms with E-state index in [-0.39, 0.29) is 11.7 Å². The van der Waals surface area contributed by atoms with Crippen molar-refractivity contribution in [3.05, 3.63) is 58.3 Å². The van der Waals surface area contributed by atoms with Gasteiger partial charge in [-0.2, -0.15) is 0 Å². The highest BCUT2D eigenvalue weighted by Crippen LogP contribution is 2.22. The van der Waals surface area contributed by atoms with Crippen molar-refractivity contribution in [2.75, 3.05) is 12.4 Å². The molecular formula is C14H11BrFNO2. The van der Waals surface area contributed by atoms with Crippen LogP contribution in [-0.4, -0.2) is 13.0 Å². The Bertz CT molecular complexity index is 616. The van der Waals surface area contributed by atoms with Gasteiger partial charge in [-0.1, -0.05) is 12.1 Å². The molecule has 0 fully saturated rings. The minimum atomic E-state index is -0.379. The van der Waals surface area contributed by atoms with Gasteiger partial charge in [-0.15, -0.1) is 0 Å². The zero-order chi connectivity index (χ0) is 13.8. The highest BCUT2D eigenvalue weighted by atomic mass is 79.9. The van der Waals surface area contributed by atoms with Gasteiger partial charge in [0.2, 0.25) is 0 Å². The molecule has 5 heteroatoms. The van der Waals surface area contributed by atoms with Crippen molar-refractivity contribution in [2.45, 2.75) is 0 Å². The van der Waals surface area contributed by atoms with Crippen molar-refractivity contribution in [2.24, 2.45) is 0 Å². The molecule has 0 bridgehead atoms. The third-order valence-corrected chi connectivity index (χ3v) is 3.14. The van der Waals surface area contributed by atoms with Gasteiger partial charge < -0.3 is 10.1 Å². The lowest BCUT2D eigenvalue weighted by atomic mass is 10.2. The molecule has 0 spiro atoms. The average Bonchev–Trinajstić information content (AvgIpc) is 2.43. The number of anilines is 1. The lowest BCUT2D eigenvalue weighted by Crippen LogP contribution is -2.13. The van der Waals surface area contributed by atoms with E-state index in [0.29, 0.717) is 21.5 Å². The van der Waals surface area contributed by atoms with Crippen molar-refractivity contribution < 1.29 is 13.9 Å². The average molecular weight is 324 g/mol. The van der Waals surface area contributed by atoms with Crippen molar-refractivity contribution in [3.63, 3.8) is 0 Å². The summed E-state index contributed by atoms with van der Waals surface area (Å²) >= 11 is 3.07. The molecule has 2 aromatic carbocycles. The third-order valence-electron chi connectivity index (χ3n) is 2.53. The maximum absolute atomic E-state index is 13.1. The third kappa shape index (κ3) is 3.12. The largest absolute Gasteiger partial charge is 0.496 e. The number of methoxy groups -OCH3 is 1. The van der Waals surface area contributed by atoms with Crippen LogP contribution < -0.4 is 10.1 Å². The van der Waals surface area contributed by atoms with Crippen LogP contribution in [-0.2, 0) is 0 Å². The molecule has 0 saturated carbocycles. The van der Waals surface area contributed by atoms with E-state index >= 15 is 0 Å². The predicted molar refractivity (Wildman–Crippen MR) is 75.0 cm³/mol. The van der Waals surface area contributed by atoms with Crippen LogP contribution >= 0.6 is 15.9 Å². The molecule has 2 rings (SSSR count). The number of carbonyl (C=O) groups is 1. The summed E-state index contributed by atoms with van der Waals surface area (Å²) < 4.78 is 18.5. The number of hydrogen-bond acceptors (Lipinski definition) is 2. The van der Waals surface area contributed by atoms with Crippen molar-refractivity contribution in [3.8, 4) is 5.75 Å². The fraction of sp³-hybridized carbons (Fsp3) is 0.0714. The Morgan fingerprint density at radius 1 is 1.26 bits per heavy atom. The highest BCUT2D eigenvalue weighted by molar-refractivity contribution is 9.10. The van der Waals surface area contributed by atoms with Crippen molar-refractivity contribution >= 4 is 27.5 Å². The molecule has 0 heterocycles. The molecule has 0 aliphatic carbocycles. The summed E-state index contributed by atoms with van der Waals surface area (Å²) in [6.07, 6.45) is 0. The van der Waals surface area contributed by atoms with Crippen LogP contribution in [0.1, 0.15) is 10.4 Å². The second-order valence-electron chi connectivity index (χ2n) is 3.78. The minimum Gasteiger partial charge on any atom is -0.496 e. The number of ether oxygens (including phenoxy) is 1. The molecule has 0 unspecified atom stereocenters. The Morgan fingerprint density at radius 3 is 2.68 bits per heavy atom. The second-order valence-corrected chi connectivity index (χ2v) is 4.64. The smallest absolute Gasteiger partial charge is 0.259 e. The first kappa shape index (κ1) is 13.5. The first-order valence-electron chi connectivity index (χ1n) is 5.51. The van der Waals surface area contributed by atoms with Crippen molar-refractivity contribution in [1.29, 1.82) is 0 Å². The quantitative estimate of drug-likeness (QED) is 0.931. The summed E-state index contributed by atoms with van der Waals surface area (Å²) in [5.41, 5.74) is 0.926. The van der Waals surface area contributed by atoms with Crippen LogP contribution in [0.4, 0.5) is 10.1 Å². The second kappa shape index (κ2) is 5.84. The first-order chi connectivity index (χ1) is 9.11. The van der Waals surface area contributed by atoms with Crippen LogP contribution in [0.3, 0.4) is 0 Å². The van der Waals surface area contributed by atoms with Gasteiger partial charge in [-0.05, 0) is 46.3 Å². The fourth-order valence-corrected chi connectivity index (χ4v) is 1.98. The fourth-order valence-electron chi connectivity index (χ4n) is 1.60. The summed E-state index contributed by atoms with van der Waals surface area (Å²) in [5, 5.41) is 2.69. The predicted octanol–water partition coefficient (Wildman–Crippen LogP) is 3.85. The summed E-state index contributed by atoms with van der Waals surface area (Å²) in [5.74, 6) is -0.201. The zero-order valence-electron chi connectivity index (χ0n) is 10.1. The standard InChI is InChI=1S/C14H11BrFNO2/c1-19-13-5-3-2-4-10(13)14(18)17-9-6-7-12(16)11(15)8-9/h2-8H,1H3,(H,17,18). The van der Waals surface area contributed by atoms with Crippen LogP contribution in [0.5, 0.6) is 5.75 Å². The number of hydrogen-bond donors (Lipinski definition) is 1. The van der Waals surface area contributed by atoms with Crippen LogP contribution in [0.15, 0.2) is 46.9 Å². The van der Waals surface area contributed by atoms with E-state index in [0.717, 1.165) is 0 Å². The monoisotopic (exact) mass is 323 g/mol. The molecule has 0 radical (unpaired) electrons. The van der Waals surface area contributed by atoms with Gasteiger partial charge in [-0.3, -0.25) is 4.79 Å². The molecule has 2 aromatic rings. The summed E-state index contributed by atoms with van der Waals surface area (Å²) in [7, 11) is 1.50. The van der Waals surface area contributed by atoms with E-state index in [1.54, 1.807) is 24.3 Å². The van der Waals surface area contributed by atoms with Crippen LogP contribution in [0.25, 0.3) is 0 Å². The molecule has 0 aromatic heterocycles. The molecule has 0 saturated heterocycles. The van der Waals surface area contributed by atoms with E-state index in [4.69, 9.17) is 4.74 Å². The zero-order valence-corrected chi connectivity index (χ0v) is 11.7. The Balaban J connectivity index is 2.23. The molecule has 0 aliphatic heterocycles. The van der Waals surface area contributed by atoms with E-state index in [2.05, 4.69) is 21.2 Å². The maximum atomic E-state index is 13.1. The van der Waals surface area contributed by atoms with E-state index in [1.807, 2.05) is 0 Å². The van der Waals surface area contributed by atoms with E-state index in [9.17, 15) is 9.18 Å². The Kier molecular flexibility index (Phi) is 4.16. The molecule has 19 heavy (non-hydrogen) atoms. The number of nitrogens with one attached hydrogen (secondary N) is 1. The molecule has 0 aliphatic rings. The lowest BCUT2D eigenvalue weighted by molar-refractivity contribution is 0.102. The molecule has 3 nitrogen and oxygen atoms in total. The Labute approximate surface area is 118 Å². The molecule has 1 N–H and O–H groups in total. The molecule has 98 valence electrons. The molecular weight excluding hydrogens is 313 g/mol. The Hall–Kier alpha value is -1.88. The normalized spacial score (nSPS) is 10.1. The SMILES string of the molecule is COc1ccccc1C(=O)Nc1ccc(F)c(Br)c1. The minimum absolute atomic E-state index is 0.297. The summed E-state index contributed by atoms with van der Waals surface area (Å²) in [6.45, 7) is 0. The van der Waals surface area contributed by atoms with Gasteiger partial charge in [0.25, 0.3) is 5.91 Å². The number of benzene rings is 2. The number of amides is 1. The molecule has 1 amide bonds. The van der Waals surface area contributed by atoms with Crippen LogP contribution in [0.2, 0.25) is 0 Å².